The molecule has 1 heterocycles. The number of benzene rings is 2. The van der Waals surface area contributed by atoms with E-state index in [1.54, 1.807) is 20.8 Å². The topological polar surface area (TPSA) is 41.6 Å². The zero-order chi connectivity index (χ0) is 21.4. The van der Waals surface area contributed by atoms with E-state index in [9.17, 15) is 4.79 Å². The van der Waals surface area contributed by atoms with Crippen molar-refractivity contribution in [2.45, 2.75) is 50.8 Å². The second-order valence-electron chi connectivity index (χ2n) is 9.53. The van der Waals surface area contributed by atoms with E-state index in [4.69, 9.17) is 4.74 Å². The molecule has 1 aliphatic carbocycles. The van der Waals surface area contributed by atoms with Crippen molar-refractivity contribution in [2.24, 2.45) is 0 Å². The van der Waals surface area contributed by atoms with E-state index in [2.05, 4.69) is 58.7 Å². The predicted molar refractivity (Wildman–Crippen MR) is 117 cm³/mol. The van der Waals surface area contributed by atoms with Crippen LogP contribution in [0.1, 0.15) is 50.7 Å². The number of alkyl halides is 1. The largest absolute Gasteiger partial charge is 0.444 e. The van der Waals surface area contributed by atoms with Gasteiger partial charge in [0.25, 0.3) is 0 Å². The van der Waals surface area contributed by atoms with Crippen molar-refractivity contribution in [3.8, 4) is 11.1 Å². The lowest BCUT2D eigenvalue weighted by atomic mass is 9.91. The number of alkyl carbamates (subject to hydrolysis) is 1. The Balaban J connectivity index is 1.36. The average Bonchev–Trinajstić information content (AvgIpc) is 3.02. The molecule has 1 N–H and O–H groups in total. The van der Waals surface area contributed by atoms with E-state index in [1.165, 1.54) is 22.3 Å². The fraction of sp³-hybridized carbons (Fsp3) is 0.480. The molecule has 30 heavy (non-hydrogen) atoms. The third-order valence-corrected chi connectivity index (χ3v) is 6.10. The molecule has 5 heteroatoms. The van der Waals surface area contributed by atoms with Gasteiger partial charge in [0, 0.05) is 25.6 Å². The van der Waals surface area contributed by atoms with Crippen LogP contribution < -0.4 is 5.32 Å². The summed E-state index contributed by atoms with van der Waals surface area (Å²) in [5, 5.41) is 2.61. The molecule has 2 aromatic carbocycles. The Morgan fingerprint density at radius 3 is 2.13 bits per heavy atom. The number of fused-ring (bicyclic) bond motifs is 3. The first-order valence-corrected chi connectivity index (χ1v) is 10.8. The van der Waals surface area contributed by atoms with Crippen LogP contribution >= 0.6 is 0 Å². The molecule has 0 spiro atoms. The van der Waals surface area contributed by atoms with E-state index in [0.29, 0.717) is 31.8 Å². The number of likely N-dealkylation sites (tertiary alicyclic amines) is 1. The van der Waals surface area contributed by atoms with Crippen molar-refractivity contribution in [3.05, 3.63) is 59.7 Å². The summed E-state index contributed by atoms with van der Waals surface area (Å²) in [4.78, 5) is 14.2. The van der Waals surface area contributed by atoms with Crippen LogP contribution in [0.5, 0.6) is 0 Å². The molecule has 1 saturated heterocycles. The molecule has 4 nitrogen and oxygen atoms in total. The van der Waals surface area contributed by atoms with E-state index in [1.807, 2.05) is 0 Å². The van der Waals surface area contributed by atoms with Crippen molar-refractivity contribution in [1.29, 1.82) is 0 Å². The first-order chi connectivity index (χ1) is 14.2. The maximum absolute atomic E-state index is 15.2. The summed E-state index contributed by atoms with van der Waals surface area (Å²) in [6.07, 6.45) is 0.276. The summed E-state index contributed by atoms with van der Waals surface area (Å²) in [5.74, 6) is 0.324. The van der Waals surface area contributed by atoms with Gasteiger partial charge in [0.1, 0.15) is 11.3 Å². The molecule has 0 aromatic heterocycles. The fourth-order valence-electron chi connectivity index (χ4n) is 4.57. The normalized spacial score (nSPS) is 18.5. The maximum atomic E-state index is 15.2. The predicted octanol–water partition coefficient (Wildman–Crippen LogP) is 5.13. The molecule has 1 fully saturated rings. The number of nitrogens with zero attached hydrogens (tertiary/aromatic N) is 1. The average molecular weight is 411 g/mol. The Morgan fingerprint density at radius 2 is 1.60 bits per heavy atom. The molecule has 2 aromatic rings. The molecule has 160 valence electrons. The van der Waals surface area contributed by atoms with Gasteiger partial charge in [-0.25, -0.2) is 9.18 Å². The summed E-state index contributed by atoms with van der Waals surface area (Å²) in [6.45, 7) is 7.68. The second-order valence-corrected chi connectivity index (χ2v) is 9.53. The highest BCUT2D eigenvalue weighted by atomic mass is 19.1. The molecule has 0 bridgehead atoms. The van der Waals surface area contributed by atoms with Crippen LogP contribution in [-0.2, 0) is 4.74 Å². The maximum Gasteiger partial charge on any atom is 0.407 e. The second kappa shape index (κ2) is 8.03. The molecule has 1 amide bonds. The highest BCUT2D eigenvalue weighted by Gasteiger charge is 2.37. The molecule has 0 atom stereocenters. The smallest absolute Gasteiger partial charge is 0.407 e. The minimum Gasteiger partial charge on any atom is -0.444 e. The highest BCUT2D eigenvalue weighted by Crippen LogP contribution is 2.45. The van der Waals surface area contributed by atoms with Crippen LogP contribution in [0.15, 0.2) is 48.5 Å². The van der Waals surface area contributed by atoms with Crippen molar-refractivity contribution < 1.29 is 13.9 Å². The van der Waals surface area contributed by atoms with Gasteiger partial charge < -0.3 is 15.0 Å². The summed E-state index contributed by atoms with van der Waals surface area (Å²) < 4.78 is 20.5. The van der Waals surface area contributed by atoms with Crippen molar-refractivity contribution >= 4 is 6.09 Å². The number of nitrogens with one attached hydrogen (secondary N) is 1. The molecule has 0 unspecified atom stereocenters. The van der Waals surface area contributed by atoms with E-state index in [-0.39, 0.29) is 6.54 Å². The van der Waals surface area contributed by atoms with Crippen LogP contribution in [0.25, 0.3) is 11.1 Å². The monoisotopic (exact) mass is 410 g/mol. The summed E-state index contributed by atoms with van der Waals surface area (Å²) in [7, 11) is 0. The lowest BCUT2D eigenvalue weighted by Gasteiger charge is -2.37. The number of hydrogen-bond acceptors (Lipinski definition) is 3. The van der Waals surface area contributed by atoms with Gasteiger partial charge >= 0.3 is 6.09 Å². The van der Waals surface area contributed by atoms with Gasteiger partial charge in [-0.3, -0.25) is 0 Å². The molecule has 1 aliphatic heterocycles. The zero-order valence-electron chi connectivity index (χ0n) is 18.1. The van der Waals surface area contributed by atoms with Gasteiger partial charge in [0.2, 0.25) is 0 Å². The van der Waals surface area contributed by atoms with Crippen molar-refractivity contribution in [2.75, 3.05) is 26.2 Å². The van der Waals surface area contributed by atoms with Crippen molar-refractivity contribution in [3.63, 3.8) is 0 Å². The number of carbonyl (C=O) groups is 1. The Labute approximate surface area is 178 Å². The number of piperidine rings is 1. The van der Waals surface area contributed by atoms with Crippen LogP contribution in [0.4, 0.5) is 9.18 Å². The van der Waals surface area contributed by atoms with Crippen LogP contribution in [0, 0.1) is 0 Å². The Kier molecular flexibility index (Phi) is 5.58. The van der Waals surface area contributed by atoms with Crippen LogP contribution in [0.2, 0.25) is 0 Å². The van der Waals surface area contributed by atoms with Gasteiger partial charge in [-0.1, -0.05) is 48.5 Å². The number of amides is 1. The minimum absolute atomic E-state index is 0.00481. The van der Waals surface area contributed by atoms with Crippen LogP contribution in [0.3, 0.4) is 0 Å². The molecule has 0 radical (unpaired) electrons. The molecular weight excluding hydrogens is 379 g/mol. The molecule has 4 rings (SSSR count). The fourth-order valence-corrected chi connectivity index (χ4v) is 4.57. The van der Waals surface area contributed by atoms with Gasteiger partial charge in [-0.05, 0) is 55.9 Å². The summed E-state index contributed by atoms with van der Waals surface area (Å²) in [5.41, 5.74) is 3.40. The highest BCUT2D eigenvalue weighted by molar-refractivity contribution is 5.78. The Hall–Kier alpha value is -2.40. The van der Waals surface area contributed by atoms with E-state index < -0.39 is 17.4 Å². The lowest BCUT2D eigenvalue weighted by Crippen LogP contribution is -2.49. The number of rotatable bonds is 4. The number of halogens is 1. The Morgan fingerprint density at radius 1 is 1.07 bits per heavy atom. The molecular formula is C25H31FN2O2. The van der Waals surface area contributed by atoms with Gasteiger partial charge in [0.05, 0.1) is 6.54 Å². The zero-order valence-corrected chi connectivity index (χ0v) is 18.1. The van der Waals surface area contributed by atoms with E-state index >= 15 is 4.39 Å². The van der Waals surface area contributed by atoms with Crippen molar-refractivity contribution in [1.82, 2.24) is 10.2 Å². The van der Waals surface area contributed by atoms with Crippen LogP contribution in [-0.4, -0.2) is 48.4 Å². The quantitative estimate of drug-likeness (QED) is 0.760. The summed E-state index contributed by atoms with van der Waals surface area (Å²) >= 11 is 0. The van der Waals surface area contributed by atoms with Gasteiger partial charge in [0.15, 0.2) is 0 Å². The third kappa shape index (κ3) is 4.51. The van der Waals surface area contributed by atoms with Gasteiger partial charge in [-0.2, -0.15) is 0 Å². The first-order valence-electron chi connectivity index (χ1n) is 10.8. The van der Waals surface area contributed by atoms with Gasteiger partial charge in [-0.15, -0.1) is 0 Å². The SMILES string of the molecule is CC(C)(C)OC(=O)NCC1(F)CCN(CC2c3ccccc3-c3ccccc32)CC1. The molecule has 0 saturated carbocycles. The summed E-state index contributed by atoms with van der Waals surface area (Å²) in [6, 6.07) is 17.2. The lowest BCUT2D eigenvalue weighted by molar-refractivity contribution is 0.0343. The minimum atomic E-state index is -1.38. The first kappa shape index (κ1) is 20.9. The number of ether oxygens (including phenoxy) is 1. The third-order valence-electron chi connectivity index (χ3n) is 6.10. The number of hydrogen-bond donors (Lipinski definition) is 1. The van der Waals surface area contributed by atoms with E-state index in [0.717, 1.165) is 6.54 Å². The standard InChI is InChI=1S/C25H31FN2O2/c1-24(2,3)30-23(29)27-17-25(26)12-14-28(15-13-25)16-22-20-10-6-4-8-18(20)19-9-5-7-11-21(19)22/h4-11,22H,12-17H2,1-3H3,(H,27,29). The number of carbonyl (C=O) groups excluding carboxylic acids is 1. The Bertz CT molecular complexity index is 868. The molecule has 2 aliphatic rings.